The third-order valence-corrected chi connectivity index (χ3v) is 22.0. The second kappa shape index (κ2) is 52.1. The van der Waals surface area contributed by atoms with E-state index in [9.17, 15) is 37.2 Å². The number of nitrogens with one attached hydrogen (secondary N) is 1. The van der Waals surface area contributed by atoms with Gasteiger partial charge in [0.25, 0.3) is 10.1 Å². The summed E-state index contributed by atoms with van der Waals surface area (Å²) in [6.07, 6.45) is 17.3. The van der Waals surface area contributed by atoms with Gasteiger partial charge in [0.05, 0.1) is 39.8 Å². The van der Waals surface area contributed by atoms with Crippen molar-refractivity contribution in [2.45, 2.75) is 89.5 Å². The van der Waals surface area contributed by atoms with Gasteiger partial charge in [0.15, 0.2) is 10.6 Å². The predicted octanol–water partition coefficient (Wildman–Crippen LogP) is 14.6. The molecule has 0 saturated carbocycles. The highest BCUT2D eigenvalue weighted by Gasteiger charge is 2.27. The Kier molecular flexibility index (Phi) is 42.7. The van der Waals surface area contributed by atoms with E-state index < -0.39 is 38.8 Å². The molecule has 6 saturated heterocycles. The third-order valence-electron chi connectivity index (χ3n) is 18.8. The molecule has 0 spiro atoms. The van der Waals surface area contributed by atoms with Gasteiger partial charge in [-0.05, 0) is 211 Å². The van der Waals surface area contributed by atoms with Crippen LogP contribution in [0, 0.1) is 6.92 Å². The van der Waals surface area contributed by atoms with Crippen LogP contribution in [0.25, 0.3) is 0 Å². The smallest absolute Gasteiger partial charge is 0.327 e. The largest absolute Gasteiger partial charge is 0.493 e. The number of morpholine rings is 1. The first kappa shape index (κ1) is 93.5. The Morgan fingerprint density at radius 3 is 1.39 bits per heavy atom. The number of piperidine rings is 3. The van der Waals surface area contributed by atoms with Crippen LogP contribution in [0.3, 0.4) is 0 Å². The lowest BCUT2D eigenvalue weighted by molar-refractivity contribution is -0.139. The maximum Gasteiger partial charge on any atom is 0.327 e. The highest BCUT2D eigenvalue weighted by atomic mass is 79.9. The topological polar surface area (TPSA) is 236 Å². The summed E-state index contributed by atoms with van der Waals surface area (Å²) in [5.74, 6) is 2.22. The number of esters is 4. The van der Waals surface area contributed by atoms with Crippen LogP contribution in [0.4, 0.5) is 34.1 Å². The Hall–Kier alpha value is -7.66. The number of piperazine rings is 1. The molecular weight excluding hydrogens is 1650 g/mol. The van der Waals surface area contributed by atoms with Crippen LogP contribution in [0.15, 0.2) is 152 Å². The van der Waals surface area contributed by atoms with E-state index in [-0.39, 0.29) is 41.8 Å². The maximum atomic E-state index is 12.2. The second-order valence-electron chi connectivity index (χ2n) is 27.2. The summed E-state index contributed by atoms with van der Waals surface area (Å²) in [6.45, 7) is 21.4. The lowest BCUT2D eigenvalue weighted by Gasteiger charge is -2.35. The fourth-order valence-electron chi connectivity index (χ4n) is 12.8. The molecule has 6 aliphatic heterocycles. The fraction of sp³-hybridized carbons (Fsp3) is 0.476. The number of anilines is 6. The van der Waals surface area contributed by atoms with Crippen molar-refractivity contribution in [2.24, 2.45) is 0 Å². The summed E-state index contributed by atoms with van der Waals surface area (Å²) in [6, 6.07) is 44.3. The number of rotatable bonds is 25. The molecule has 0 bridgehead atoms. The molecule has 0 aromatic heterocycles. The van der Waals surface area contributed by atoms with Gasteiger partial charge >= 0.3 is 23.9 Å². The Balaban J connectivity index is 0.000000190. The quantitative estimate of drug-likeness (QED) is 0.0107. The molecule has 1 unspecified atom stereocenters. The number of ketones is 1. The van der Waals surface area contributed by atoms with E-state index in [1.54, 1.807) is 30.3 Å². The van der Waals surface area contributed by atoms with Gasteiger partial charge in [-0.2, -0.15) is 20.2 Å². The number of methoxy groups -OCH3 is 1. The fourth-order valence-corrected chi connectivity index (χ4v) is 14.8. The van der Waals surface area contributed by atoms with Crippen LogP contribution in [0.5, 0.6) is 23.0 Å². The molecule has 0 radical (unpaired) electrons. The van der Waals surface area contributed by atoms with Crippen molar-refractivity contribution >= 4 is 154 Å². The number of thioether (sulfide) groups is 1. The first-order valence-corrected chi connectivity index (χ1v) is 44.7. The highest BCUT2D eigenvalue weighted by Crippen LogP contribution is 2.30. The zero-order valence-corrected chi connectivity index (χ0v) is 72.0. The van der Waals surface area contributed by atoms with Crippen molar-refractivity contribution in [3.63, 3.8) is 0 Å². The van der Waals surface area contributed by atoms with E-state index in [4.69, 9.17) is 74.3 Å². The molecule has 6 fully saturated rings. The molecule has 114 heavy (non-hydrogen) atoms. The number of carbonyl (C=O) groups is 6. The van der Waals surface area contributed by atoms with Crippen LogP contribution in [-0.4, -0.2) is 220 Å². The van der Waals surface area contributed by atoms with Crippen molar-refractivity contribution in [1.29, 1.82) is 0 Å². The number of allylic oxidation sites excluding steroid dienone is 1. The molecule has 12 rings (SSSR count). The molecular formula is C84H109BrCl4N8O15S2. The van der Waals surface area contributed by atoms with Gasteiger partial charge < -0.3 is 68.0 Å². The molecule has 23 nitrogen and oxygen atoms in total. The Labute approximate surface area is 705 Å². The average Bonchev–Trinajstić information content (AvgIpc) is 0.802. The third kappa shape index (κ3) is 34.3. The zero-order valence-electron chi connectivity index (χ0n) is 65.7. The van der Waals surface area contributed by atoms with Gasteiger partial charge in [-0.3, -0.25) is 33.0 Å². The number of halogens is 5. The van der Waals surface area contributed by atoms with E-state index in [0.717, 1.165) is 157 Å². The number of amides is 1. The number of ether oxygens (including phenoxy) is 6. The van der Waals surface area contributed by atoms with Crippen molar-refractivity contribution < 1.29 is 69.8 Å². The van der Waals surface area contributed by atoms with Crippen LogP contribution in [-0.2, 0) is 54.4 Å². The van der Waals surface area contributed by atoms with Gasteiger partial charge in [-0.1, -0.05) is 46.3 Å². The van der Waals surface area contributed by atoms with Crippen molar-refractivity contribution in [3.8, 4) is 23.0 Å². The molecule has 6 aromatic carbocycles. The second-order valence-corrected chi connectivity index (χ2v) is 32.1. The average molecular weight is 1760 g/mol. The number of Topliss-reactive ketones (excluding diaryl/α,β-unsaturated/α-hetero) is 1. The number of benzene rings is 6. The van der Waals surface area contributed by atoms with Crippen LogP contribution >= 0.6 is 74.1 Å². The van der Waals surface area contributed by atoms with Gasteiger partial charge in [0, 0.05) is 149 Å². The zero-order chi connectivity index (χ0) is 81.9. The normalized spacial score (nSPS) is 15.9. The summed E-state index contributed by atoms with van der Waals surface area (Å²) in [4.78, 5) is 83.0. The minimum atomic E-state index is -3.37. The predicted molar refractivity (Wildman–Crippen MR) is 464 cm³/mol. The lowest BCUT2D eigenvalue weighted by Crippen LogP contribution is -2.44. The number of nitrogens with zero attached hydrogens (tertiary/aromatic N) is 7. The van der Waals surface area contributed by atoms with Gasteiger partial charge in [0.1, 0.15) is 46.5 Å². The van der Waals surface area contributed by atoms with E-state index in [2.05, 4.69) is 104 Å². The number of carbonyl (C=O) groups excluding carboxylic acids is 6. The Morgan fingerprint density at radius 1 is 0.526 bits per heavy atom. The van der Waals surface area contributed by atoms with Gasteiger partial charge in [-0.25, -0.2) is 0 Å². The van der Waals surface area contributed by atoms with Crippen molar-refractivity contribution in [2.75, 3.05) is 196 Å². The molecule has 1 amide bonds. The number of hydrogen-bond acceptors (Lipinski definition) is 23. The summed E-state index contributed by atoms with van der Waals surface area (Å²) < 4.78 is 57.4. The molecule has 6 heterocycles. The standard InChI is InChI=1S/C17H25ClN2O2.C15H18BrNO3.C15H19ClN2O2.C13H19NO3S.C12H14ClNO3.C12H14ClNO2S/c1-14-12-15(20-9-3-2-4-10-20)6-7-16(14)22-11-5-8-19-17(21)13-18;1-20-15(19)13(16)14(18)11-6-5-7-12(10-11)17-8-3-2-4-9-17;1-2-7-17-8-10-18(11-9-17)13-3-5-14(6-4-13)20-15(19)12-16;1-18(15,16)17-11-12-6-5-7-13(10-12)14-8-3-2-4-9-14;13-9-12(15)17-11-3-1-10(2-4-11)14-5-7-16-8-6-14;13-9-12(15)16-11-3-1-10(2-4-11)14-5-7-17-8-6-14/h6-7,12H,2-5,8-11,13H2,1H3,(H,19,21);5-7,10,13H,2-4,8-9H2,1H3;2-7H,8-12H2,1H3;5-7,10H,2-4,8-9,11H2,1H3;2*1-4H,5-9H2/b;;7-2+;;;. The van der Waals surface area contributed by atoms with E-state index in [1.807, 2.05) is 104 Å². The van der Waals surface area contributed by atoms with Gasteiger partial charge in [0.2, 0.25) is 5.91 Å². The number of aryl methyl sites for hydroxylation is 1. The molecule has 1 atom stereocenters. The minimum Gasteiger partial charge on any atom is -0.493 e. The molecule has 6 aromatic rings. The van der Waals surface area contributed by atoms with E-state index in [0.29, 0.717) is 36.0 Å². The van der Waals surface area contributed by atoms with Gasteiger partial charge in [-0.15, -0.1) is 46.4 Å². The van der Waals surface area contributed by atoms with E-state index >= 15 is 0 Å². The summed E-state index contributed by atoms with van der Waals surface area (Å²) in [7, 11) is -2.10. The Bertz CT molecular complexity index is 3960. The molecule has 622 valence electrons. The van der Waals surface area contributed by atoms with Crippen molar-refractivity contribution in [1.82, 2.24) is 10.2 Å². The highest BCUT2D eigenvalue weighted by molar-refractivity contribution is 9.10. The minimum absolute atomic E-state index is 0.0118. The van der Waals surface area contributed by atoms with Crippen molar-refractivity contribution in [3.05, 3.63) is 168 Å². The molecule has 0 aliphatic carbocycles. The monoisotopic (exact) mass is 1750 g/mol. The summed E-state index contributed by atoms with van der Waals surface area (Å²) >= 11 is 26.6. The Morgan fingerprint density at radius 2 is 0.956 bits per heavy atom. The number of alkyl halides is 5. The first-order chi connectivity index (χ1) is 55.2. The SMILES string of the molecule is C/C=C/N1CCN(c2ccc(OC(=O)CCl)cc2)CC1.COC(=O)C(Br)C(=O)c1cccc(N2CCCCC2)c1.CS(=O)(=O)OCc1cccc(N2CCCCC2)c1.Cc1cc(N2CCCCC2)ccc1OCCCNC(=O)CCl.O=C(CCl)Oc1ccc(N2CCOCC2)cc1.O=C(CCl)Oc1ccc(N2CCSCC2)cc1. The van der Waals surface area contributed by atoms with Crippen LogP contribution in [0.2, 0.25) is 0 Å². The summed E-state index contributed by atoms with van der Waals surface area (Å²) in [5.41, 5.74) is 9.51. The van der Waals surface area contributed by atoms with Crippen LogP contribution < -0.4 is 53.7 Å². The van der Waals surface area contributed by atoms with E-state index in [1.165, 1.54) is 87.8 Å². The number of hydrogen-bond donors (Lipinski definition) is 1. The maximum absolute atomic E-state index is 12.2. The van der Waals surface area contributed by atoms with Crippen LogP contribution in [0.1, 0.15) is 92.6 Å². The summed E-state index contributed by atoms with van der Waals surface area (Å²) in [5, 5.41) is 2.73. The lowest BCUT2D eigenvalue weighted by atomic mass is 10.1. The molecule has 30 heteroatoms. The first-order valence-electron chi connectivity index (χ1n) is 38.7. The molecule has 6 aliphatic rings. The molecule has 1 N–H and O–H groups in total.